The summed E-state index contributed by atoms with van der Waals surface area (Å²) in [5, 5.41) is 0. The highest BCUT2D eigenvalue weighted by molar-refractivity contribution is 9.11. The highest BCUT2D eigenvalue weighted by atomic mass is 79.9. The van der Waals surface area contributed by atoms with E-state index in [1.165, 1.54) is 15.6 Å². The number of fused-ring (bicyclic) bond motifs is 2. The molecule has 2 rings (SSSR count). The predicted octanol–water partition coefficient (Wildman–Crippen LogP) is 2.54. The molecule has 0 saturated carbocycles. The molecule has 0 spiro atoms. The van der Waals surface area contributed by atoms with E-state index >= 15 is 0 Å². The molecule has 0 unspecified atom stereocenters. The van der Waals surface area contributed by atoms with E-state index in [1.54, 1.807) is 0 Å². The highest BCUT2D eigenvalue weighted by Gasteiger charge is 2.14. The summed E-state index contributed by atoms with van der Waals surface area (Å²) in [6.07, 6.45) is 7.66. The van der Waals surface area contributed by atoms with Crippen molar-refractivity contribution in [3.63, 3.8) is 0 Å². The molecule has 0 aliphatic heterocycles. The largest absolute Gasteiger partial charge is 0.0583 e. The maximum absolute atomic E-state index is 3.45. The molecule has 2 bridgehead atoms. The first-order valence-electron chi connectivity index (χ1n) is 2.63. The summed E-state index contributed by atoms with van der Waals surface area (Å²) < 4.78 is 1.27. The van der Waals surface area contributed by atoms with Crippen LogP contribution in [0.4, 0.5) is 0 Å². The van der Waals surface area contributed by atoms with Gasteiger partial charge in [-0.05, 0) is 23.6 Å². The summed E-state index contributed by atoms with van der Waals surface area (Å²) >= 11 is 3.45. The summed E-state index contributed by atoms with van der Waals surface area (Å²) in [4.78, 5) is 0. The van der Waals surface area contributed by atoms with Gasteiger partial charge >= 0.3 is 0 Å². The molecule has 0 heterocycles. The Bertz CT molecular complexity index is 219. The molecule has 2 aliphatic carbocycles. The zero-order valence-corrected chi connectivity index (χ0v) is 5.90. The fourth-order valence-electron chi connectivity index (χ4n) is 1.06. The zero-order chi connectivity index (χ0) is 5.56. The quantitative estimate of drug-likeness (QED) is 0.522. The fraction of sp³-hybridized carbons (Fsp3) is 0.143. The van der Waals surface area contributed by atoms with Gasteiger partial charge in [0, 0.05) is 4.48 Å². The lowest BCUT2D eigenvalue weighted by atomic mass is 10.3. The molecular weight excluding hydrogens is 164 g/mol. The predicted molar refractivity (Wildman–Crippen MR) is 37.8 cm³/mol. The van der Waals surface area contributed by atoms with Crippen molar-refractivity contribution in [2.45, 2.75) is 6.42 Å². The van der Waals surface area contributed by atoms with E-state index in [4.69, 9.17) is 0 Å². The Hall–Kier alpha value is -0.300. The fourth-order valence-corrected chi connectivity index (χ4v) is 1.63. The van der Waals surface area contributed by atoms with E-state index in [2.05, 4.69) is 34.2 Å². The van der Waals surface area contributed by atoms with Crippen LogP contribution in [0.25, 0.3) is 0 Å². The average Bonchev–Trinajstić information content (AvgIpc) is 2.23. The average molecular weight is 169 g/mol. The standard InChI is InChI=1S/C7H5Br/c8-7-4-5-1-2-6(7)3-5/h1-2,4H,3H2. The molecule has 0 saturated heterocycles. The monoisotopic (exact) mass is 168 g/mol. The first-order valence-corrected chi connectivity index (χ1v) is 3.43. The lowest BCUT2D eigenvalue weighted by Crippen LogP contribution is -1.65. The zero-order valence-electron chi connectivity index (χ0n) is 4.32. The van der Waals surface area contributed by atoms with E-state index < -0.39 is 0 Å². The summed E-state index contributed by atoms with van der Waals surface area (Å²) in [6, 6.07) is 0. The van der Waals surface area contributed by atoms with Gasteiger partial charge in [0.05, 0.1) is 0 Å². The van der Waals surface area contributed by atoms with Crippen LogP contribution in [0.2, 0.25) is 0 Å². The molecule has 2 aliphatic rings. The van der Waals surface area contributed by atoms with Crippen LogP contribution >= 0.6 is 15.9 Å². The molecule has 40 valence electrons. The first-order chi connectivity index (χ1) is 3.86. The van der Waals surface area contributed by atoms with Gasteiger partial charge in [0.25, 0.3) is 0 Å². The molecular formula is C7H5Br. The SMILES string of the molecule is BrC1=C2C=CC(=C1)C2. The Labute approximate surface area is 56.7 Å². The van der Waals surface area contributed by atoms with Crippen LogP contribution in [0.15, 0.2) is 33.9 Å². The molecule has 0 amide bonds. The molecule has 0 radical (unpaired) electrons. The molecule has 0 atom stereocenters. The Morgan fingerprint density at radius 3 is 2.50 bits per heavy atom. The van der Waals surface area contributed by atoms with Gasteiger partial charge in [-0.3, -0.25) is 0 Å². The van der Waals surface area contributed by atoms with Crippen molar-refractivity contribution in [1.29, 1.82) is 0 Å². The molecule has 0 aromatic heterocycles. The third-order valence-corrected chi connectivity index (χ3v) is 2.25. The van der Waals surface area contributed by atoms with Gasteiger partial charge in [0.2, 0.25) is 0 Å². The maximum atomic E-state index is 3.45. The van der Waals surface area contributed by atoms with Crippen molar-refractivity contribution in [3.05, 3.63) is 33.9 Å². The van der Waals surface area contributed by atoms with Gasteiger partial charge in [-0.1, -0.05) is 28.1 Å². The smallest absolute Gasteiger partial charge is 0.0213 e. The second kappa shape index (κ2) is 1.35. The van der Waals surface area contributed by atoms with Crippen LogP contribution in [0, 0.1) is 0 Å². The number of hydrogen-bond acceptors (Lipinski definition) is 0. The van der Waals surface area contributed by atoms with Crippen LogP contribution < -0.4 is 0 Å². The molecule has 0 aromatic rings. The van der Waals surface area contributed by atoms with E-state index in [0.29, 0.717) is 0 Å². The first kappa shape index (κ1) is 4.57. The minimum Gasteiger partial charge on any atom is -0.0583 e. The van der Waals surface area contributed by atoms with Gasteiger partial charge < -0.3 is 0 Å². The summed E-state index contributed by atoms with van der Waals surface area (Å²) in [5.74, 6) is 0. The van der Waals surface area contributed by atoms with Gasteiger partial charge in [-0.25, -0.2) is 0 Å². The third-order valence-electron chi connectivity index (χ3n) is 1.51. The van der Waals surface area contributed by atoms with Crippen LogP contribution in [0.5, 0.6) is 0 Å². The summed E-state index contributed by atoms with van der Waals surface area (Å²) in [6.45, 7) is 0. The van der Waals surface area contributed by atoms with Crippen molar-refractivity contribution >= 4 is 15.9 Å². The molecule has 0 N–H and O–H groups in total. The molecule has 1 heteroatoms. The van der Waals surface area contributed by atoms with Gasteiger partial charge in [-0.15, -0.1) is 0 Å². The summed E-state index contributed by atoms with van der Waals surface area (Å²) in [7, 11) is 0. The van der Waals surface area contributed by atoms with E-state index in [1.807, 2.05) is 0 Å². The normalized spacial score (nSPS) is 22.9. The Morgan fingerprint density at radius 2 is 2.25 bits per heavy atom. The second-order valence-electron chi connectivity index (χ2n) is 2.10. The van der Waals surface area contributed by atoms with Gasteiger partial charge in [0.15, 0.2) is 0 Å². The molecule has 0 aromatic carbocycles. The minimum atomic E-state index is 1.15. The minimum absolute atomic E-state index is 1.15. The molecule has 0 nitrogen and oxygen atoms in total. The lowest BCUT2D eigenvalue weighted by Gasteiger charge is -1.87. The van der Waals surface area contributed by atoms with Gasteiger partial charge in [-0.2, -0.15) is 0 Å². The topological polar surface area (TPSA) is 0 Å². The number of halogens is 1. The van der Waals surface area contributed by atoms with Crippen molar-refractivity contribution in [3.8, 4) is 0 Å². The van der Waals surface area contributed by atoms with E-state index in [-0.39, 0.29) is 0 Å². The Kier molecular flexibility index (Phi) is 0.770. The van der Waals surface area contributed by atoms with Gasteiger partial charge in [0.1, 0.15) is 0 Å². The van der Waals surface area contributed by atoms with Crippen LogP contribution in [0.1, 0.15) is 6.42 Å². The number of rotatable bonds is 0. The van der Waals surface area contributed by atoms with Crippen LogP contribution in [-0.2, 0) is 0 Å². The summed E-state index contributed by atoms with van der Waals surface area (Å²) in [5.41, 5.74) is 2.87. The second-order valence-corrected chi connectivity index (χ2v) is 2.96. The van der Waals surface area contributed by atoms with Crippen LogP contribution in [0.3, 0.4) is 0 Å². The number of allylic oxidation sites excluding steroid dienone is 6. The maximum Gasteiger partial charge on any atom is 0.0213 e. The lowest BCUT2D eigenvalue weighted by molar-refractivity contribution is 1.32. The Morgan fingerprint density at radius 1 is 1.38 bits per heavy atom. The Balaban J connectivity index is 2.63. The highest BCUT2D eigenvalue weighted by Crippen LogP contribution is 2.35. The molecule has 0 fully saturated rings. The van der Waals surface area contributed by atoms with Crippen molar-refractivity contribution in [2.24, 2.45) is 0 Å². The van der Waals surface area contributed by atoms with E-state index in [0.717, 1.165) is 6.42 Å². The van der Waals surface area contributed by atoms with Crippen molar-refractivity contribution < 1.29 is 0 Å². The van der Waals surface area contributed by atoms with Crippen molar-refractivity contribution in [2.75, 3.05) is 0 Å². The molecule has 8 heavy (non-hydrogen) atoms. The third kappa shape index (κ3) is 0.451. The van der Waals surface area contributed by atoms with Crippen LogP contribution in [-0.4, -0.2) is 0 Å². The van der Waals surface area contributed by atoms with Crippen molar-refractivity contribution in [1.82, 2.24) is 0 Å². The number of hydrogen-bond donors (Lipinski definition) is 0. The van der Waals surface area contributed by atoms with E-state index in [9.17, 15) is 0 Å².